The lowest BCUT2D eigenvalue weighted by Crippen LogP contribution is -2.50. The molecule has 1 aromatic carbocycles. The van der Waals surface area contributed by atoms with Crippen molar-refractivity contribution in [3.63, 3.8) is 0 Å². The zero-order chi connectivity index (χ0) is 26.8. The molecule has 8 nitrogen and oxygen atoms in total. The number of benzene rings is 1. The highest BCUT2D eigenvalue weighted by Crippen LogP contribution is 2.53. The normalized spacial score (nSPS) is 19.9. The van der Waals surface area contributed by atoms with Crippen molar-refractivity contribution >= 4 is 22.7 Å². The molecule has 2 aliphatic rings. The first-order chi connectivity index (χ1) is 18.1. The summed E-state index contributed by atoms with van der Waals surface area (Å²) in [5, 5.41) is 4.54. The molecule has 1 spiro atoms. The molecule has 200 valence electrons. The van der Waals surface area contributed by atoms with Gasteiger partial charge in [-0.2, -0.15) is 5.10 Å². The summed E-state index contributed by atoms with van der Waals surface area (Å²) in [4.78, 5) is 11.9. The predicted molar refractivity (Wildman–Crippen MR) is 146 cm³/mol. The number of piperidine rings is 1. The monoisotopic (exact) mass is 536 g/mol. The van der Waals surface area contributed by atoms with Crippen molar-refractivity contribution in [2.45, 2.75) is 64.7 Å². The first-order valence-corrected chi connectivity index (χ1v) is 14.2. The van der Waals surface area contributed by atoms with E-state index in [4.69, 9.17) is 9.40 Å². The molecule has 4 aromatic rings. The molecule has 1 aliphatic heterocycles. The van der Waals surface area contributed by atoms with Gasteiger partial charge in [0.05, 0.1) is 23.3 Å². The van der Waals surface area contributed by atoms with E-state index in [1.54, 1.807) is 22.8 Å². The Morgan fingerprint density at radius 2 is 1.87 bits per heavy atom. The van der Waals surface area contributed by atoms with Crippen molar-refractivity contribution in [1.82, 2.24) is 24.3 Å². The molecular formula is C28H33FN6O2S. The number of aryl methyl sites for hydroxylation is 2. The van der Waals surface area contributed by atoms with Crippen LogP contribution in [0, 0.1) is 25.1 Å². The second-order valence-electron chi connectivity index (χ2n) is 11.5. The Hall–Kier alpha value is -2.95. The molecule has 1 aliphatic carbocycles. The molecule has 2 atom stereocenters. The van der Waals surface area contributed by atoms with Crippen LogP contribution in [0.25, 0.3) is 16.8 Å². The van der Waals surface area contributed by atoms with Crippen molar-refractivity contribution in [2.75, 3.05) is 18.0 Å². The van der Waals surface area contributed by atoms with Gasteiger partial charge in [-0.3, -0.25) is 0 Å². The molecule has 10 heteroatoms. The predicted octanol–water partition coefficient (Wildman–Crippen LogP) is 5.08. The van der Waals surface area contributed by atoms with Crippen LogP contribution in [-0.2, 0) is 17.8 Å². The third-order valence-corrected chi connectivity index (χ3v) is 9.46. The van der Waals surface area contributed by atoms with Gasteiger partial charge >= 0.3 is 0 Å². The minimum Gasteiger partial charge on any atom is -0.598 e. The van der Waals surface area contributed by atoms with Crippen LogP contribution in [0.15, 0.2) is 40.9 Å². The summed E-state index contributed by atoms with van der Waals surface area (Å²) in [5.41, 5.74) is 3.56. The first-order valence-electron chi connectivity index (χ1n) is 13.1. The fourth-order valence-corrected chi connectivity index (χ4v) is 6.84. The summed E-state index contributed by atoms with van der Waals surface area (Å²) in [6, 6.07) is 8.51. The standard InChI is InChI=1S/C28H33FN6O2S/c1-17-23(19-8-6-7-9-20(19)29)35-22(10-13-30-35)26(31-17)34-14-11-28(12-15-34)16-21-24(37-18(2)32-21)25(28)33-38(36)27(3,4)5/h6-10,13,25,33H,11-12,14-16H2,1-5H3/t25-,38-/m1/s1. The maximum absolute atomic E-state index is 14.7. The molecule has 0 saturated carbocycles. The van der Waals surface area contributed by atoms with E-state index >= 15 is 0 Å². The number of nitrogens with one attached hydrogen (secondary N) is 1. The van der Waals surface area contributed by atoms with Gasteiger partial charge in [-0.1, -0.05) is 12.1 Å². The number of nitrogens with zero attached hydrogens (tertiary/aromatic N) is 5. The second-order valence-corrected chi connectivity index (χ2v) is 13.5. The number of rotatable bonds is 4. The molecule has 4 heterocycles. The maximum Gasteiger partial charge on any atom is 0.191 e. The number of oxazole rings is 1. The topological polar surface area (TPSA) is 94.5 Å². The van der Waals surface area contributed by atoms with E-state index in [9.17, 15) is 8.94 Å². The van der Waals surface area contributed by atoms with Crippen molar-refractivity contribution in [1.29, 1.82) is 0 Å². The highest BCUT2D eigenvalue weighted by Gasteiger charge is 2.53. The minimum absolute atomic E-state index is 0.134. The number of aromatic nitrogens is 4. The summed E-state index contributed by atoms with van der Waals surface area (Å²) in [7, 11) is 0. The molecule has 0 unspecified atom stereocenters. The van der Waals surface area contributed by atoms with Crippen LogP contribution in [0.2, 0.25) is 0 Å². The second kappa shape index (κ2) is 9.07. The van der Waals surface area contributed by atoms with Gasteiger partial charge in [0, 0.05) is 48.8 Å². The Kier molecular flexibility index (Phi) is 6.04. The van der Waals surface area contributed by atoms with E-state index in [2.05, 4.69) is 19.7 Å². The van der Waals surface area contributed by atoms with Gasteiger partial charge in [0.2, 0.25) is 0 Å². The minimum atomic E-state index is -1.24. The van der Waals surface area contributed by atoms with E-state index in [1.807, 2.05) is 46.8 Å². The molecule has 0 amide bonds. The Bertz CT molecular complexity index is 1500. The molecule has 6 rings (SSSR count). The van der Waals surface area contributed by atoms with Gasteiger partial charge < -0.3 is 13.9 Å². The van der Waals surface area contributed by atoms with Crippen LogP contribution >= 0.6 is 0 Å². The van der Waals surface area contributed by atoms with E-state index < -0.39 is 16.1 Å². The highest BCUT2D eigenvalue weighted by molar-refractivity contribution is 7.90. The van der Waals surface area contributed by atoms with Gasteiger partial charge in [-0.25, -0.2) is 18.9 Å². The van der Waals surface area contributed by atoms with Crippen molar-refractivity contribution in [2.24, 2.45) is 5.41 Å². The van der Waals surface area contributed by atoms with E-state index in [1.165, 1.54) is 6.07 Å². The quantitative estimate of drug-likeness (QED) is 0.364. The lowest BCUT2D eigenvalue weighted by molar-refractivity contribution is 0.161. The van der Waals surface area contributed by atoms with Crippen LogP contribution in [-0.4, -0.2) is 42.0 Å². The Balaban J connectivity index is 1.31. The zero-order valence-electron chi connectivity index (χ0n) is 22.4. The average molecular weight is 537 g/mol. The number of anilines is 1. The van der Waals surface area contributed by atoms with Gasteiger partial charge in [0.25, 0.3) is 0 Å². The SMILES string of the molecule is Cc1nc2c(o1)[C@@H](N[S@+]([O-])C(C)(C)C)C1(CCN(c3nc(C)c(-c4ccccc4F)n4nccc34)CC1)C2. The first kappa shape index (κ1) is 25.3. The Labute approximate surface area is 225 Å². The number of halogens is 1. The van der Waals surface area contributed by atoms with Crippen molar-refractivity contribution < 1.29 is 13.4 Å². The Morgan fingerprint density at radius 3 is 2.58 bits per heavy atom. The third kappa shape index (κ3) is 4.10. The van der Waals surface area contributed by atoms with Crippen LogP contribution in [0.3, 0.4) is 0 Å². The molecule has 3 aromatic heterocycles. The Morgan fingerprint density at radius 1 is 1.13 bits per heavy atom. The fourth-order valence-electron chi connectivity index (χ4n) is 5.91. The van der Waals surface area contributed by atoms with Crippen molar-refractivity contribution in [3.8, 4) is 11.3 Å². The smallest absolute Gasteiger partial charge is 0.191 e. The summed E-state index contributed by atoms with van der Waals surface area (Å²) in [5.74, 6) is 2.03. The highest BCUT2D eigenvalue weighted by atomic mass is 32.2. The van der Waals surface area contributed by atoms with Crippen LogP contribution in [0.4, 0.5) is 10.2 Å². The molecule has 1 saturated heterocycles. The van der Waals surface area contributed by atoms with Gasteiger partial charge in [0.1, 0.15) is 27.9 Å². The van der Waals surface area contributed by atoms with Gasteiger partial charge in [-0.15, -0.1) is 4.72 Å². The van der Waals surface area contributed by atoms with Crippen LogP contribution < -0.4 is 9.62 Å². The van der Waals surface area contributed by atoms with Crippen LogP contribution in [0.5, 0.6) is 0 Å². The largest absolute Gasteiger partial charge is 0.598 e. The van der Waals surface area contributed by atoms with Gasteiger partial charge in [-0.05, 0) is 58.7 Å². The number of fused-ring (bicyclic) bond motifs is 2. The van der Waals surface area contributed by atoms with Crippen LogP contribution in [0.1, 0.15) is 62.7 Å². The molecular weight excluding hydrogens is 503 g/mol. The molecule has 1 N–H and O–H groups in total. The summed E-state index contributed by atoms with van der Waals surface area (Å²) < 4.78 is 38.7. The fraction of sp³-hybridized carbons (Fsp3) is 0.464. The number of hydrogen-bond donors (Lipinski definition) is 1. The van der Waals surface area contributed by atoms with Crippen molar-refractivity contribution in [3.05, 3.63) is 65.4 Å². The summed E-state index contributed by atoms with van der Waals surface area (Å²) in [6.07, 6.45) is 4.27. The third-order valence-electron chi connectivity index (χ3n) is 7.90. The lowest BCUT2D eigenvalue weighted by atomic mass is 9.73. The maximum atomic E-state index is 14.7. The molecule has 38 heavy (non-hydrogen) atoms. The molecule has 0 bridgehead atoms. The average Bonchev–Trinajstić information content (AvgIpc) is 3.54. The summed E-state index contributed by atoms with van der Waals surface area (Å²) >= 11 is -1.24. The molecule has 0 radical (unpaired) electrons. The number of hydrogen-bond acceptors (Lipinski definition) is 7. The van der Waals surface area contributed by atoms with E-state index in [0.717, 1.165) is 60.8 Å². The zero-order valence-corrected chi connectivity index (χ0v) is 23.2. The molecule has 1 fully saturated rings. The summed E-state index contributed by atoms with van der Waals surface area (Å²) in [6.45, 7) is 11.2. The van der Waals surface area contributed by atoms with E-state index in [-0.39, 0.29) is 17.3 Å². The van der Waals surface area contributed by atoms with E-state index in [0.29, 0.717) is 17.1 Å². The lowest BCUT2D eigenvalue weighted by Gasteiger charge is -2.43. The van der Waals surface area contributed by atoms with Gasteiger partial charge in [0.15, 0.2) is 11.7 Å².